The van der Waals surface area contributed by atoms with Crippen LogP contribution in [-0.2, 0) is 0 Å². The Morgan fingerprint density at radius 3 is 2.85 bits per heavy atom. The molecule has 0 N–H and O–H groups in total. The van der Waals surface area contributed by atoms with Crippen molar-refractivity contribution < 1.29 is 9.18 Å². The number of alkyl halides is 1. The largest absolute Gasteiger partial charge is 0.293 e. The molecule has 0 saturated carbocycles. The number of halogens is 2. The lowest BCUT2D eigenvalue weighted by Crippen LogP contribution is -2.04. The molecule has 13 heavy (non-hydrogen) atoms. The van der Waals surface area contributed by atoms with Crippen LogP contribution in [0.5, 0.6) is 0 Å². The summed E-state index contributed by atoms with van der Waals surface area (Å²) in [7, 11) is 0. The molecule has 4 heteroatoms. The van der Waals surface area contributed by atoms with E-state index in [1.165, 1.54) is 12.1 Å². The number of ketones is 1. The third-order valence-corrected chi connectivity index (χ3v) is 1.79. The number of hydrogen-bond donors (Lipinski definition) is 0. The standard InChI is InChI=1S/C9H5ClFNO/c10-4-9(13)6-2-1-3-8(11)7(6)5-12/h1-3H,4H2. The summed E-state index contributed by atoms with van der Waals surface area (Å²) in [6, 6.07) is 5.51. The van der Waals surface area contributed by atoms with E-state index >= 15 is 0 Å². The van der Waals surface area contributed by atoms with Gasteiger partial charge >= 0.3 is 0 Å². The molecule has 1 aromatic carbocycles. The first-order valence-electron chi connectivity index (χ1n) is 3.48. The minimum atomic E-state index is -0.696. The molecule has 0 heterocycles. The lowest BCUT2D eigenvalue weighted by Gasteiger charge is -1.99. The molecular weight excluding hydrogens is 193 g/mol. The van der Waals surface area contributed by atoms with Crippen LogP contribution in [-0.4, -0.2) is 11.7 Å². The number of Topliss-reactive ketones (excluding diaryl/α,β-unsaturated/α-hetero) is 1. The van der Waals surface area contributed by atoms with Crippen LogP contribution in [0.2, 0.25) is 0 Å². The maximum Gasteiger partial charge on any atom is 0.179 e. The van der Waals surface area contributed by atoms with Gasteiger partial charge in [0.1, 0.15) is 11.9 Å². The summed E-state index contributed by atoms with van der Waals surface area (Å²) in [5.41, 5.74) is -0.203. The van der Waals surface area contributed by atoms with Gasteiger partial charge in [-0.15, -0.1) is 11.6 Å². The Labute approximate surface area is 79.5 Å². The normalized spacial score (nSPS) is 9.31. The first-order chi connectivity index (χ1) is 6.20. The van der Waals surface area contributed by atoms with Crippen molar-refractivity contribution in [1.29, 1.82) is 5.26 Å². The zero-order valence-corrected chi connectivity index (χ0v) is 7.31. The van der Waals surface area contributed by atoms with Gasteiger partial charge in [-0.2, -0.15) is 5.26 Å². The van der Waals surface area contributed by atoms with Gasteiger partial charge in [-0.1, -0.05) is 6.07 Å². The van der Waals surface area contributed by atoms with Crippen molar-refractivity contribution in [3.8, 4) is 6.07 Å². The number of benzene rings is 1. The van der Waals surface area contributed by atoms with Crippen molar-refractivity contribution in [2.45, 2.75) is 0 Å². The van der Waals surface area contributed by atoms with Crippen LogP contribution in [0, 0.1) is 17.1 Å². The van der Waals surface area contributed by atoms with E-state index in [9.17, 15) is 9.18 Å². The molecule has 0 atom stereocenters. The molecule has 1 rings (SSSR count). The second kappa shape index (κ2) is 4.01. The summed E-state index contributed by atoms with van der Waals surface area (Å²) < 4.78 is 12.9. The molecule has 0 aliphatic heterocycles. The summed E-state index contributed by atoms with van der Waals surface area (Å²) in [6.45, 7) is 0. The number of hydrogen-bond acceptors (Lipinski definition) is 2. The van der Waals surface area contributed by atoms with E-state index in [1.54, 1.807) is 6.07 Å². The van der Waals surface area contributed by atoms with E-state index in [4.69, 9.17) is 16.9 Å². The van der Waals surface area contributed by atoms with Crippen LogP contribution in [0.3, 0.4) is 0 Å². The molecule has 0 bridgehead atoms. The Bertz CT molecular complexity index is 384. The maximum absolute atomic E-state index is 12.9. The summed E-state index contributed by atoms with van der Waals surface area (Å²) in [4.78, 5) is 11.1. The molecule has 0 amide bonds. The average molecular weight is 198 g/mol. The van der Waals surface area contributed by atoms with Crippen molar-refractivity contribution in [3.05, 3.63) is 35.1 Å². The van der Waals surface area contributed by atoms with Gasteiger partial charge in [0, 0.05) is 5.56 Å². The van der Waals surface area contributed by atoms with Gasteiger partial charge in [0.2, 0.25) is 0 Å². The van der Waals surface area contributed by atoms with Gasteiger partial charge in [0.05, 0.1) is 11.4 Å². The van der Waals surface area contributed by atoms with E-state index < -0.39 is 11.6 Å². The van der Waals surface area contributed by atoms with E-state index in [0.29, 0.717) is 0 Å². The zero-order chi connectivity index (χ0) is 9.84. The second-order valence-corrected chi connectivity index (χ2v) is 2.60. The monoisotopic (exact) mass is 197 g/mol. The summed E-state index contributed by atoms with van der Waals surface area (Å²) >= 11 is 5.29. The van der Waals surface area contributed by atoms with Crippen molar-refractivity contribution in [2.75, 3.05) is 5.88 Å². The molecular formula is C9H5ClFNO. The van der Waals surface area contributed by atoms with Gasteiger partial charge in [-0.05, 0) is 12.1 Å². The van der Waals surface area contributed by atoms with Gasteiger partial charge in [-0.25, -0.2) is 4.39 Å². The third kappa shape index (κ3) is 1.85. The minimum Gasteiger partial charge on any atom is -0.293 e. The molecule has 0 spiro atoms. The van der Waals surface area contributed by atoms with Gasteiger partial charge in [0.15, 0.2) is 5.78 Å². The fraction of sp³-hybridized carbons (Fsp3) is 0.111. The number of rotatable bonds is 2. The maximum atomic E-state index is 12.9. The highest BCUT2D eigenvalue weighted by molar-refractivity contribution is 6.30. The lowest BCUT2D eigenvalue weighted by atomic mass is 10.1. The SMILES string of the molecule is N#Cc1c(F)cccc1C(=O)CCl. The van der Waals surface area contributed by atoms with Crippen LogP contribution in [0.1, 0.15) is 15.9 Å². The molecule has 0 aliphatic carbocycles. The predicted octanol–water partition coefficient (Wildman–Crippen LogP) is 2.12. The van der Waals surface area contributed by atoms with Crippen LogP contribution in [0.15, 0.2) is 18.2 Å². The van der Waals surface area contributed by atoms with E-state index in [2.05, 4.69) is 0 Å². The zero-order valence-electron chi connectivity index (χ0n) is 6.55. The number of carbonyl (C=O) groups excluding carboxylic acids is 1. The lowest BCUT2D eigenvalue weighted by molar-refractivity contribution is 0.102. The van der Waals surface area contributed by atoms with Crippen LogP contribution >= 0.6 is 11.6 Å². The summed E-state index contributed by atoms with van der Waals surface area (Å²) in [6.07, 6.45) is 0. The van der Waals surface area contributed by atoms with Crippen molar-refractivity contribution in [3.63, 3.8) is 0 Å². The highest BCUT2D eigenvalue weighted by atomic mass is 35.5. The Morgan fingerprint density at radius 2 is 2.31 bits per heavy atom. The molecule has 66 valence electrons. The summed E-state index contributed by atoms with van der Waals surface area (Å²) in [5, 5.41) is 8.56. The Hall–Kier alpha value is -1.40. The molecule has 1 aromatic rings. The van der Waals surface area contributed by atoms with Crippen molar-refractivity contribution in [1.82, 2.24) is 0 Å². The number of carbonyl (C=O) groups is 1. The minimum absolute atomic E-state index is 0.0394. The van der Waals surface area contributed by atoms with Crippen LogP contribution < -0.4 is 0 Å². The van der Waals surface area contributed by atoms with E-state index in [0.717, 1.165) is 6.07 Å². The van der Waals surface area contributed by atoms with Crippen molar-refractivity contribution in [2.24, 2.45) is 0 Å². The Morgan fingerprint density at radius 1 is 1.62 bits per heavy atom. The first-order valence-corrected chi connectivity index (χ1v) is 4.02. The third-order valence-electron chi connectivity index (χ3n) is 1.55. The fourth-order valence-corrected chi connectivity index (χ4v) is 1.09. The summed E-state index contributed by atoms with van der Waals surface area (Å²) in [5.74, 6) is -1.39. The Balaban J connectivity index is 3.30. The van der Waals surface area contributed by atoms with Crippen LogP contribution in [0.4, 0.5) is 4.39 Å². The molecule has 0 unspecified atom stereocenters. The highest BCUT2D eigenvalue weighted by Gasteiger charge is 2.13. The van der Waals surface area contributed by atoms with Crippen LogP contribution in [0.25, 0.3) is 0 Å². The topological polar surface area (TPSA) is 40.9 Å². The predicted molar refractivity (Wildman–Crippen MR) is 46.2 cm³/mol. The molecule has 0 aromatic heterocycles. The molecule has 2 nitrogen and oxygen atoms in total. The van der Waals surface area contributed by atoms with Gasteiger partial charge < -0.3 is 0 Å². The van der Waals surface area contributed by atoms with Gasteiger partial charge in [0.25, 0.3) is 0 Å². The fourth-order valence-electron chi connectivity index (χ4n) is 0.942. The number of nitrogens with zero attached hydrogens (tertiary/aromatic N) is 1. The molecule has 0 saturated heterocycles. The Kier molecular flexibility index (Phi) is 2.99. The van der Waals surface area contributed by atoms with E-state index in [-0.39, 0.29) is 17.0 Å². The molecule has 0 radical (unpaired) electrons. The molecule has 0 fully saturated rings. The quantitative estimate of drug-likeness (QED) is 0.538. The highest BCUT2D eigenvalue weighted by Crippen LogP contribution is 2.13. The van der Waals surface area contributed by atoms with Crippen molar-refractivity contribution >= 4 is 17.4 Å². The smallest absolute Gasteiger partial charge is 0.179 e. The first kappa shape index (κ1) is 9.69. The van der Waals surface area contributed by atoms with Gasteiger partial charge in [-0.3, -0.25) is 4.79 Å². The second-order valence-electron chi connectivity index (χ2n) is 2.33. The molecule has 0 aliphatic rings. The average Bonchev–Trinajstić information content (AvgIpc) is 2.16. The van der Waals surface area contributed by atoms with E-state index in [1.807, 2.05) is 0 Å². The number of nitriles is 1.